The Morgan fingerprint density at radius 1 is 0.526 bits per heavy atom. The lowest BCUT2D eigenvalue weighted by molar-refractivity contribution is 1.64. The topological polar surface area (TPSA) is 0 Å². The minimum atomic E-state index is 1.27. The number of thiophene rings is 1. The molecule has 0 aliphatic rings. The Morgan fingerprint density at radius 3 is 1.26 bits per heavy atom. The second-order valence-corrected chi connectivity index (χ2v) is 7.75. The summed E-state index contributed by atoms with van der Waals surface area (Å²) in [6.45, 7) is 0. The minimum absolute atomic E-state index is 1.27. The van der Waals surface area contributed by atoms with Crippen LogP contribution >= 0.6 is 56.5 Å². The molecule has 0 nitrogen and oxygen atoms in total. The number of benzene rings is 2. The molecule has 1 aromatic heterocycles. The summed E-state index contributed by atoms with van der Waals surface area (Å²) in [5, 5.41) is 0. The van der Waals surface area contributed by atoms with Crippen molar-refractivity contribution in [2.75, 3.05) is 0 Å². The molecule has 0 bridgehead atoms. The highest BCUT2D eigenvalue weighted by molar-refractivity contribution is 14.1. The fraction of sp³-hybridized carbons (Fsp3) is 0. The molecule has 19 heavy (non-hydrogen) atoms. The maximum absolute atomic E-state index is 2.34. The van der Waals surface area contributed by atoms with Gasteiger partial charge in [-0.05, 0) is 92.7 Å². The van der Waals surface area contributed by atoms with Gasteiger partial charge < -0.3 is 0 Å². The van der Waals surface area contributed by atoms with Crippen LogP contribution in [0.5, 0.6) is 0 Å². The molecule has 1 heterocycles. The summed E-state index contributed by atoms with van der Waals surface area (Å²) < 4.78 is 2.55. The zero-order valence-corrected chi connectivity index (χ0v) is 15.1. The minimum Gasteiger partial charge on any atom is -0.135 e. The van der Waals surface area contributed by atoms with E-state index in [0.717, 1.165) is 0 Å². The van der Waals surface area contributed by atoms with Crippen LogP contribution in [0.15, 0.2) is 60.7 Å². The summed E-state index contributed by atoms with van der Waals surface area (Å²) in [5.41, 5.74) is 2.59. The van der Waals surface area contributed by atoms with E-state index in [4.69, 9.17) is 0 Å². The van der Waals surface area contributed by atoms with Gasteiger partial charge in [0.2, 0.25) is 0 Å². The van der Waals surface area contributed by atoms with Crippen molar-refractivity contribution in [1.82, 2.24) is 0 Å². The number of hydrogen-bond acceptors (Lipinski definition) is 1. The summed E-state index contributed by atoms with van der Waals surface area (Å²) in [4.78, 5) is 2.65. The molecule has 0 amide bonds. The van der Waals surface area contributed by atoms with Gasteiger partial charge in [-0.1, -0.05) is 24.3 Å². The fourth-order valence-corrected chi connectivity index (χ4v) is 3.61. The average molecular weight is 488 g/mol. The second-order valence-electron chi connectivity index (χ2n) is 4.18. The van der Waals surface area contributed by atoms with Crippen LogP contribution in [0.2, 0.25) is 0 Å². The summed E-state index contributed by atoms with van der Waals surface area (Å²) in [7, 11) is 0. The van der Waals surface area contributed by atoms with Crippen LogP contribution in [0.3, 0.4) is 0 Å². The van der Waals surface area contributed by atoms with Crippen molar-refractivity contribution in [2.24, 2.45) is 0 Å². The Hall–Kier alpha value is -0.400. The Kier molecular flexibility index (Phi) is 4.24. The third kappa shape index (κ3) is 3.20. The van der Waals surface area contributed by atoms with Crippen LogP contribution in [0.4, 0.5) is 0 Å². The summed E-state index contributed by atoms with van der Waals surface area (Å²) >= 11 is 6.52. The molecular weight excluding hydrogens is 478 g/mol. The molecule has 0 aliphatic carbocycles. The first kappa shape index (κ1) is 13.6. The fourth-order valence-electron chi connectivity index (χ4n) is 1.88. The zero-order valence-electron chi connectivity index (χ0n) is 9.94. The summed E-state index contributed by atoms with van der Waals surface area (Å²) in [6, 6.07) is 21.8. The third-order valence-electron chi connectivity index (χ3n) is 2.86. The van der Waals surface area contributed by atoms with Gasteiger partial charge >= 0.3 is 0 Å². The quantitative estimate of drug-likeness (QED) is 0.372. The van der Waals surface area contributed by atoms with Crippen molar-refractivity contribution in [3.05, 3.63) is 67.8 Å². The molecule has 94 valence electrons. The molecule has 0 saturated carbocycles. The smallest absolute Gasteiger partial charge is 0.0349 e. The van der Waals surface area contributed by atoms with Gasteiger partial charge in [0.1, 0.15) is 0 Å². The Balaban J connectivity index is 1.95. The van der Waals surface area contributed by atoms with Crippen LogP contribution in [0.25, 0.3) is 20.9 Å². The van der Waals surface area contributed by atoms with E-state index in [1.54, 1.807) is 0 Å². The van der Waals surface area contributed by atoms with E-state index in [1.807, 2.05) is 11.3 Å². The molecule has 0 N–H and O–H groups in total. The van der Waals surface area contributed by atoms with Crippen LogP contribution in [0.1, 0.15) is 0 Å². The van der Waals surface area contributed by atoms with Crippen molar-refractivity contribution < 1.29 is 0 Å². The van der Waals surface area contributed by atoms with Gasteiger partial charge in [-0.25, -0.2) is 0 Å². The van der Waals surface area contributed by atoms with Crippen LogP contribution < -0.4 is 0 Å². The third-order valence-corrected chi connectivity index (χ3v) is 5.49. The van der Waals surface area contributed by atoms with Crippen molar-refractivity contribution >= 4 is 56.5 Å². The molecule has 3 heteroatoms. The summed E-state index contributed by atoms with van der Waals surface area (Å²) in [6.07, 6.45) is 0. The molecule has 0 unspecified atom stereocenters. The van der Waals surface area contributed by atoms with Crippen molar-refractivity contribution in [1.29, 1.82) is 0 Å². The maximum atomic E-state index is 2.34. The lowest BCUT2D eigenvalue weighted by Crippen LogP contribution is -1.73. The van der Waals surface area contributed by atoms with E-state index in [2.05, 4.69) is 106 Å². The molecule has 0 radical (unpaired) electrons. The lowest BCUT2D eigenvalue weighted by atomic mass is 10.2. The second kappa shape index (κ2) is 5.93. The van der Waals surface area contributed by atoms with Crippen LogP contribution in [0, 0.1) is 7.14 Å². The highest BCUT2D eigenvalue weighted by Crippen LogP contribution is 2.34. The van der Waals surface area contributed by atoms with Crippen molar-refractivity contribution in [3.8, 4) is 20.9 Å². The van der Waals surface area contributed by atoms with Gasteiger partial charge in [-0.3, -0.25) is 0 Å². The summed E-state index contributed by atoms with van der Waals surface area (Å²) in [5.74, 6) is 0. The molecule has 3 rings (SSSR count). The van der Waals surface area contributed by atoms with E-state index in [9.17, 15) is 0 Å². The first-order valence-corrected chi connectivity index (χ1v) is 8.81. The Bertz CT molecular complexity index is 622. The highest BCUT2D eigenvalue weighted by Gasteiger charge is 2.04. The molecule has 0 saturated heterocycles. The van der Waals surface area contributed by atoms with Crippen LogP contribution in [-0.4, -0.2) is 0 Å². The predicted octanol–water partition coefficient (Wildman–Crippen LogP) is 6.29. The van der Waals surface area contributed by atoms with Gasteiger partial charge in [0.25, 0.3) is 0 Å². The van der Waals surface area contributed by atoms with E-state index in [-0.39, 0.29) is 0 Å². The monoisotopic (exact) mass is 488 g/mol. The zero-order chi connectivity index (χ0) is 13.2. The Labute approximate surface area is 144 Å². The number of rotatable bonds is 2. The maximum Gasteiger partial charge on any atom is 0.0349 e. The van der Waals surface area contributed by atoms with E-state index in [1.165, 1.54) is 28.0 Å². The van der Waals surface area contributed by atoms with Gasteiger partial charge in [-0.2, -0.15) is 0 Å². The number of hydrogen-bond donors (Lipinski definition) is 0. The standard InChI is InChI=1S/C16H10I2S/c17-13-5-1-11(2-6-13)15-9-10-16(19-15)12-3-7-14(18)8-4-12/h1-10H. The van der Waals surface area contributed by atoms with Crippen LogP contribution in [-0.2, 0) is 0 Å². The average Bonchev–Trinajstić information content (AvgIpc) is 2.90. The SMILES string of the molecule is Ic1ccc(-c2ccc(-c3ccc(I)cc3)s2)cc1. The molecule has 0 fully saturated rings. The van der Waals surface area contributed by atoms with E-state index < -0.39 is 0 Å². The van der Waals surface area contributed by atoms with Gasteiger partial charge in [-0.15, -0.1) is 11.3 Å². The predicted molar refractivity (Wildman–Crippen MR) is 101 cm³/mol. The van der Waals surface area contributed by atoms with Gasteiger partial charge in [0, 0.05) is 16.9 Å². The molecule has 0 atom stereocenters. The van der Waals surface area contributed by atoms with Gasteiger partial charge in [0.15, 0.2) is 0 Å². The molecular formula is C16H10I2S. The first-order valence-electron chi connectivity index (χ1n) is 5.84. The van der Waals surface area contributed by atoms with Gasteiger partial charge in [0.05, 0.1) is 0 Å². The molecule has 0 spiro atoms. The molecule has 3 aromatic rings. The highest BCUT2D eigenvalue weighted by atomic mass is 127. The number of halogens is 2. The van der Waals surface area contributed by atoms with E-state index in [0.29, 0.717) is 0 Å². The first-order chi connectivity index (χ1) is 9.22. The van der Waals surface area contributed by atoms with Crippen molar-refractivity contribution in [2.45, 2.75) is 0 Å². The normalized spacial score (nSPS) is 10.6. The molecule has 0 aliphatic heterocycles. The lowest BCUT2D eigenvalue weighted by Gasteiger charge is -1.98. The largest absolute Gasteiger partial charge is 0.135 e. The van der Waals surface area contributed by atoms with Crippen molar-refractivity contribution in [3.63, 3.8) is 0 Å². The van der Waals surface area contributed by atoms with E-state index >= 15 is 0 Å². The Morgan fingerprint density at radius 2 is 0.895 bits per heavy atom. The molecule has 2 aromatic carbocycles.